The lowest BCUT2D eigenvalue weighted by molar-refractivity contribution is -0.131. The van der Waals surface area contributed by atoms with Crippen LogP contribution in [-0.2, 0) is 16.1 Å². The minimum atomic E-state index is -0.0943. The van der Waals surface area contributed by atoms with Crippen molar-refractivity contribution in [2.45, 2.75) is 64.2 Å². The summed E-state index contributed by atoms with van der Waals surface area (Å²) in [5.74, 6) is 0.943. The number of thioether (sulfide) groups is 1. The summed E-state index contributed by atoms with van der Waals surface area (Å²) in [6.45, 7) is 7.25. The fourth-order valence-electron chi connectivity index (χ4n) is 4.15. The number of pyridine rings is 1. The van der Waals surface area contributed by atoms with Crippen molar-refractivity contribution in [2.75, 3.05) is 12.3 Å². The van der Waals surface area contributed by atoms with Crippen molar-refractivity contribution in [1.29, 1.82) is 0 Å². The van der Waals surface area contributed by atoms with Gasteiger partial charge in [-0.2, -0.15) is 0 Å². The van der Waals surface area contributed by atoms with Crippen molar-refractivity contribution in [2.24, 2.45) is 0 Å². The van der Waals surface area contributed by atoms with Crippen molar-refractivity contribution in [3.63, 3.8) is 0 Å². The molecule has 0 bridgehead atoms. The number of hydrogen-bond acceptors (Lipinski definition) is 6. The van der Waals surface area contributed by atoms with Gasteiger partial charge in [0, 0.05) is 19.2 Å². The highest BCUT2D eigenvalue weighted by Crippen LogP contribution is 2.24. The Labute approximate surface area is 210 Å². The zero-order valence-electron chi connectivity index (χ0n) is 20.5. The van der Waals surface area contributed by atoms with Gasteiger partial charge in [0.05, 0.1) is 30.2 Å². The molecule has 4 rings (SSSR count). The van der Waals surface area contributed by atoms with E-state index in [0.29, 0.717) is 23.9 Å². The molecule has 1 aromatic carbocycles. The van der Waals surface area contributed by atoms with Gasteiger partial charge in [0.1, 0.15) is 0 Å². The van der Waals surface area contributed by atoms with Gasteiger partial charge in [-0.3, -0.25) is 19.1 Å². The van der Waals surface area contributed by atoms with Crippen LogP contribution in [-0.4, -0.2) is 48.8 Å². The van der Waals surface area contributed by atoms with Crippen LogP contribution in [0.4, 0.5) is 0 Å². The molecule has 2 aromatic heterocycles. The zero-order valence-corrected chi connectivity index (χ0v) is 21.3. The molecule has 0 spiro atoms. The average Bonchev–Trinajstić information content (AvgIpc) is 3.14. The number of carbonyl (C=O) groups is 2. The molecule has 1 fully saturated rings. The molecular formula is C26H32N6O2S. The second kappa shape index (κ2) is 11.5. The number of nitrogens with zero attached hydrogens (tertiary/aromatic N) is 5. The van der Waals surface area contributed by atoms with Crippen LogP contribution in [0.25, 0.3) is 5.69 Å². The van der Waals surface area contributed by atoms with Crippen LogP contribution in [0.2, 0.25) is 0 Å². The Kier molecular flexibility index (Phi) is 8.17. The van der Waals surface area contributed by atoms with E-state index in [1.165, 1.54) is 22.9 Å². The summed E-state index contributed by atoms with van der Waals surface area (Å²) in [6.07, 6.45) is 7.01. The normalized spacial score (nSPS) is 15.1. The van der Waals surface area contributed by atoms with Gasteiger partial charge in [-0.1, -0.05) is 36.4 Å². The topological polar surface area (TPSA) is 93.0 Å². The number of amides is 2. The zero-order chi connectivity index (χ0) is 24.8. The largest absolute Gasteiger partial charge is 0.349 e. The first-order valence-corrected chi connectivity index (χ1v) is 13.0. The van der Waals surface area contributed by atoms with Crippen molar-refractivity contribution in [3.05, 3.63) is 65.2 Å². The van der Waals surface area contributed by atoms with Gasteiger partial charge in [-0.25, -0.2) is 0 Å². The van der Waals surface area contributed by atoms with Gasteiger partial charge < -0.3 is 10.2 Å². The molecule has 1 unspecified atom stereocenters. The van der Waals surface area contributed by atoms with Crippen LogP contribution in [0.3, 0.4) is 0 Å². The van der Waals surface area contributed by atoms with Crippen molar-refractivity contribution >= 4 is 23.6 Å². The Morgan fingerprint density at radius 2 is 2.00 bits per heavy atom. The maximum Gasteiger partial charge on any atom is 0.230 e. The van der Waals surface area contributed by atoms with E-state index in [-0.39, 0.29) is 23.6 Å². The molecule has 1 atom stereocenters. The van der Waals surface area contributed by atoms with Gasteiger partial charge in [0.15, 0.2) is 11.0 Å². The SMILES string of the molecule is Cc1ccc(C(C)NC(=O)CSc2nnc(CN3CCCCCC3=O)n2-c2cccnc2)cc1C. The smallest absolute Gasteiger partial charge is 0.230 e. The Balaban J connectivity index is 1.47. The maximum absolute atomic E-state index is 12.8. The molecule has 8 nitrogen and oxygen atoms in total. The van der Waals surface area contributed by atoms with E-state index in [2.05, 4.69) is 52.5 Å². The second-order valence-corrected chi connectivity index (χ2v) is 9.94. The number of carbonyl (C=O) groups excluding carboxylic acids is 2. The molecule has 0 radical (unpaired) electrons. The predicted molar refractivity (Wildman–Crippen MR) is 136 cm³/mol. The molecule has 1 aliphatic rings. The fourth-order valence-corrected chi connectivity index (χ4v) is 4.93. The highest BCUT2D eigenvalue weighted by Gasteiger charge is 2.22. The Morgan fingerprint density at radius 3 is 2.77 bits per heavy atom. The van der Waals surface area contributed by atoms with Crippen LogP contribution < -0.4 is 5.32 Å². The summed E-state index contributed by atoms with van der Waals surface area (Å²) in [5.41, 5.74) is 4.32. The van der Waals surface area contributed by atoms with E-state index >= 15 is 0 Å². The van der Waals surface area contributed by atoms with Gasteiger partial charge in [0.2, 0.25) is 11.8 Å². The first-order chi connectivity index (χ1) is 16.9. The van der Waals surface area contributed by atoms with E-state index < -0.39 is 0 Å². The number of likely N-dealkylation sites (tertiary alicyclic amines) is 1. The highest BCUT2D eigenvalue weighted by atomic mass is 32.2. The molecular weight excluding hydrogens is 460 g/mol. The van der Waals surface area contributed by atoms with E-state index in [1.54, 1.807) is 12.4 Å². The third-order valence-electron chi connectivity index (χ3n) is 6.35. The lowest BCUT2D eigenvalue weighted by Crippen LogP contribution is -2.31. The van der Waals surface area contributed by atoms with E-state index in [1.807, 2.05) is 28.5 Å². The molecule has 1 aliphatic heterocycles. The molecule has 35 heavy (non-hydrogen) atoms. The Morgan fingerprint density at radius 1 is 1.14 bits per heavy atom. The first-order valence-electron chi connectivity index (χ1n) is 12.0. The molecule has 1 N–H and O–H groups in total. The Bertz CT molecular complexity index is 1180. The molecule has 3 aromatic rings. The monoisotopic (exact) mass is 492 g/mol. The Hall–Kier alpha value is -3.20. The maximum atomic E-state index is 12.8. The molecule has 0 saturated carbocycles. The van der Waals surface area contributed by atoms with Crippen LogP contribution >= 0.6 is 11.8 Å². The molecule has 2 amide bonds. The highest BCUT2D eigenvalue weighted by molar-refractivity contribution is 7.99. The number of nitrogens with one attached hydrogen (secondary N) is 1. The summed E-state index contributed by atoms with van der Waals surface area (Å²) in [4.78, 5) is 31.4. The lowest BCUT2D eigenvalue weighted by Gasteiger charge is -2.20. The third kappa shape index (κ3) is 6.28. The number of benzene rings is 1. The lowest BCUT2D eigenvalue weighted by atomic mass is 10.0. The van der Waals surface area contributed by atoms with Crippen LogP contribution in [0.15, 0.2) is 47.9 Å². The molecule has 1 saturated heterocycles. The van der Waals surface area contributed by atoms with E-state index in [9.17, 15) is 9.59 Å². The van der Waals surface area contributed by atoms with Gasteiger partial charge in [0.25, 0.3) is 0 Å². The van der Waals surface area contributed by atoms with E-state index in [4.69, 9.17) is 0 Å². The summed E-state index contributed by atoms with van der Waals surface area (Å²) in [6, 6.07) is 9.93. The van der Waals surface area contributed by atoms with Crippen LogP contribution in [0.5, 0.6) is 0 Å². The minimum absolute atomic E-state index is 0.0780. The number of rotatable bonds is 8. The van der Waals surface area contributed by atoms with Gasteiger partial charge in [-0.05, 0) is 62.4 Å². The summed E-state index contributed by atoms with van der Waals surface area (Å²) < 4.78 is 1.90. The third-order valence-corrected chi connectivity index (χ3v) is 7.28. The average molecular weight is 493 g/mol. The quantitative estimate of drug-likeness (QED) is 0.475. The van der Waals surface area contributed by atoms with E-state index in [0.717, 1.165) is 37.1 Å². The standard InChI is InChI=1S/C26H32N6O2S/c1-18-10-11-21(14-19(18)2)20(3)28-24(33)17-35-26-30-29-23(32(26)22-8-7-12-27-15-22)16-31-13-6-4-5-9-25(31)34/h7-8,10-12,14-15,20H,4-6,9,13,16-17H2,1-3H3,(H,28,33). The molecule has 0 aliphatic carbocycles. The summed E-state index contributed by atoms with van der Waals surface area (Å²) >= 11 is 1.33. The van der Waals surface area contributed by atoms with Gasteiger partial charge >= 0.3 is 0 Å². The summed E-state index contributed by atoms with van der Waals surface area (Å²) in [7, 11) is 0. The van der Waals surface area contributed by atoms with Crippen molar-refractivity contribution in [1.82, 2.24) is 30.0 Å². The second-order valence-electron chi connectivity index (χ2n) is 8.99. The van der Waals surface area contributed by atoms with Crippen molar-refractivity contribution < 1.29 is 9.59 Å². The molecule has 9 heteroatoms. The number of hydrogen-bond donors (Lipinski definition) is 1. The molecule has 3 heterocycles. The van der Waals surface area contributed by atoms with Gasteiger partial charge in [-0.15, -0.1) is 10.2 Å². The minimum Gasteiger partial charge on any atom is -0.349 e. The van der Waals surface area contributed by atoms with Crippen LogP contribution in [0.1, 0.15) is 61.2 Å². The van der Waals surface area contributed by atoms with Crippen molar-refractivity contribution in [3.8, 4) is 5.69 Å². The fraction of sp³-hybridized carbons (Fsp3) is 0.423. The predicted octanol–water partition coefficient (Wildman–Crippen LogP) is 4.15. The number of aromatic nitrogens is 4. The molecule has 184 valence electrons. The van der Waals surface area contributed by atoms with Crippen LogP contribution in [0, 0.1) is 13.8 Å². The number of aryl methyl sites for hydroxylation is 2. The first kappa shape index (κ1) is 24.9. The summed E-state index contributed by atoms with van der Waals surface area (Å²) in [5, 5.41) is 12.4.